The molecule has 0 unspecified atom stereocenters. The van der Waals surface area contributed by atoms with E-state index in [4.69, 9.17) is 9.98 Å². The number of benzene rings is 3. The average Bonchev–Trinajstić information content (AvgIpc) is 3.15. The summed E-state index contributed by atoms with van der Waals surface area (Å²) < 4.78 is 0. The quantitative estimate of drug-likeness (QED) is 0.171. The lowest BCUT2D eigenvalue weighted by Gasteiger charge is -2.14. The Labute approximate surface area is 299 Å². The van der Waals surface area contributed by atoms with Crippen LogP contribution < -0.4 is 0 Å². The monoisotopic (exact) mass is 653 g/mol. The molecule has 0 saturated heterocycles. The maximum absolute atomic E-state index is 5.30. The molecule has 0 fully saturated rings. The molecule has 0 bridgehead atoms. The Morgan fingerprint density at radius 2 is 1.42 bits per heavy atom. The highest BCUT2D eigenvalue weighted by Crippen LogP contribution is 2.23. The van der Waals surface area contributed by atoms with Crippen LogP contribution in [0.4, 0.5) is 0 Å². The highest BCUT2D eigenvalue weighted by Gasteiger charge is 2.12. The zero-order valence-corrected chi connectivity index (χ0v) is 29.6. The van der Waals surface area contributed by atoms with E-state index in [1.807, 2.05) is 18.2 Å². The molecule has 50 heavy (non-hydrogen) atoms. The predicted octanol–water partition coefficient (Wildman–Crippen LogP) is 11.7. The summed E-state index contributed by atoms with van der Waals surface area (Å²) in [5.74, 6) is 0.708. The Kier molecular flexibility index (Phi) is 13.4. The minimum atomic E-state index is 0.526. The second kappa shape index (κ2) is 18.8. The van der Waals surface area contributed by atoms with Crippen molar-refractivity contribution in [1.29, 1.82) is 0 Å². The van der Waals surface area contributed by atoms with Gasteiger partial charge in [0, 0.05) is 28.6 Å². The second-order valence-corrected chi connectivity index (χ2v) is 12.2. The van der Waals surface area contributed by atoms with E-state index < -0.39 is 0 Å². The van der Waals surface area contributed by atoms with E-state index in [9.17, 15) is 0 Å². The Morgan fingerprint density at radius 1 is 0.760 bits per heavy atom. The van der Waals surface area contributed by atoms with Crippen LogP contribution in [0.5, 0.6) is 0 Å². The fourth-order valence-corrected chi connectivity index (χ4v) is 6.00. The molecule has 2 aliphatic rings. The van der Waals surface area contributed by atoms with E-state index in [-0.39, 0.29) is 0 Å². The number of allylic oxidation sites excluding steroid dienone is 13. The molecule has 0 spiro atoms. The molecule has 0 radical (unpaired) electrons. The molecular weight excluding hydrogens is 607 g/mol. The second-order valence-electron chi connectivity index (χ2n) is 12.2. The maximum atomic E-state index is 5.30. The average molecular weight is 654 g/mol. The summed E-state index contributed by atoms with van der Waals surface area (Å²) in [7, 11) is 0. The molecule has 0 aromatic heterocycles. The van der Waals surface area contributed by atoms with Gasteiger partial charge in [0.25, 0.3) is 0 Å². The number of hydrogen-bond donors (Lipinski definition) is 0. The van der Waals surface area contributed by atoms with Crippen molar-refractivity contribution in [1.82, 2.24) is 0 Å². The van der Waals surface area contributed by atoms with Crippen LogP contribution in [0.3, 0.4) is 0 Å². The Hall–Kier alpha value is -5.67. The van der Waals surface area contributed by atoms with Crippen molar-refractivity contribution in [3.8, 4) is 0 Å². The standard InChI is InChI=1S/C47H47N3/c1-5-21-38-22-13-8-7-9-16-29-45(36(38)3)35-49-47(42-32-30-41(31-33-42)46(48-6-2)40-25-17-12-18-26-40)50-37(4)43-27-15-11-10-14-23-39-24-19-20-28-44(39)34-43/h5-15,17-21,24-26,28-34H,2,16,22-23,27,35H2,1,3-4H3/b9-7-,13-8-,14-10-,15-11-,21-5-,38-36?,43-34+,45-29?,48-46?,49-47?,50-37?. The lowest BCUT2D eigenvalue weighted by Crippen LogP contribution is -2.08. The van der Waals surface area contributed by atoms with Gasteiger partial charge in [-0.3, -0.25) is 9.98 Å². The van der Waals surface area contributed by atoms with Crippen molar-refractivity contribution in [3.63, 3.8) is 0 Å². The van der Waals surface area contributed by atoms with Gasteiger partial charge in [-0.15, -0.1) is 0 Å². The summed E-state index contributed by atoms with van der Waals surface area (Å²) in [6.07, 6.45) is 31.3. The lowest BCUT2D eigenvalue weighted by atomic mass is 9.96. The molecule has 5 rings (SSSR count). The first-order valence-electron chi connectivity index (χ1n) is 17.5. The van der Waals surface area contributed by atoms with Crippen molar-refractivity contribution in [2.24, 2.45) is 15.0 Å². The SMILES string of the molecule is C=CN=C(c1ccccc1)c1ccc(C(N=C(C)/C2=C/c3ccccc3C/C=C\C=C/C2)=NCC2=CC/C=C\C=C/CC(/C=C\C)=C2C)cc1. The van der Waals surface area contributed by atoms with Gasteiger partial charge in [-0.25, -0.2) is 4.99 Å². The Morgan fingerprint density at radius 3 is 2.18 bits per heavy atom. The number of fused-ring (bicyclic) bond motifs is 1. The number of hydrogen-bond acceptors (Lipinski definition) is 2. The summed E-state index contributed by atoms with van der Waals surface area (Å²) in [5, 5.41) is 0. The topological polar surface area (TPSA) is 37.1 Å². The molecule has 3 nitrogen and oxygen atoms in total. The van der Waals surface area contributed by atoms with E-state index >= 15 is 0 Å². The number of aliphatic imine (C=N–C) groups is 3. The van der Waals surface area contributed by atoms with Gasteiger partial charge in [0.2, 0.25) is 0 Å². The highest BCUT2D eigenvalue weighted by molar-refractivity contribution is 6.15. The smallest absolute Gasteiger partial charge is 0.155 e. The molecule has 3 heteroatoms. The fourth-order valence-electron chi connectivity index (χ4n) is 6.00. The van der Waals surface area contributed by atoms with Crippen molar-refractivity contribution >= 4 is 23.3 Å². The lowest BCUT2D eigenvalue weighted by molar-refractivity contribution is 1.08. The number of amidine groups is 1. The van der Waals surface area contributed by atoms with E-state index in [0.717, 1.165) is 53.8 Å². The normalized spacial score (nSPS) is 19.9. The summed E-state index contributed by atoms with van der Waals surface area (Å²) in [6.45, 7) is 10.8. The van der Waals surface area contributed by atoms with Crippen LogP contribution in [-0.2, 0) is 6.42 Å². The molecule has 3 aromatic rings. The Balaban J connectivity index is 1.59. The van der Waals surface area contributed by atoms with E-state index in [1.165, 1.54) is 33.4 Å². The van der Waals surface area contributed by atoms with Crippen molar-refractivity contribution < 1.29 is 0 Å². The van der Waals surface area contributed by atoms with Crippen LogP contribution in [0, 0.1) is 0 Å². The first kappa shape index (κ1) is 35.6. The van der Waals surface area contributed by atoms with Crippen LogP contribution in [0.15, 0.2) is 196 Å². The molecule has 0 heterocycles. The fraction of sp³-hybridized carbons (Fsp3) is 0.170. The first-order valence-corrected chi connectivity index (χ1v) is 17.5. The molecule has 0 aliphatic heterocycles. The minimum Gasteiger partial charge on any atom is -0.261 e. The molecule has 250 valence electrons. The molecule has 3 aromatic carbocycles. The van der Waals surface area contributed by atoms with Gasteiger partial charge < -0.3 is 0 Å². The minimum absolute atomic E-state index is 0.526. The highest BCUT2D eigenvalue weighted by atomic mass is 14.9. The van der Waals surface area contributed by atoms with Gasteiger partial charge in [0.1, 0.15) is 0 Å². The summed E-state index contributed by atoms with van der Waals surface area (Å²) >= 11 is 0. The summed E-state index contributed by atoms with van der Waals surface area (Å²) in [6, 6.07) is 27.3. The maximum Gasteiger partial charge on any atom is 0.155 e. The third-order valence-electron chi connectivity index (χ3n) is 8.82. The van der Waals surface area contributed by atoms with Gasteiger partial charge in [0.05, 0.1) is 12.3 Å². The molecule has 0 atom stereocenters. The molecular formula is C47H47N3. The van der Waals surface area contributed by atoms with Crippen LogP contribution in [0.1, 0.15) is 67.9 Å². The van der Waals surface area contributed by atoms with E-state index in [2.05, 4.69) is 166 Å². The van der Waals surface area contributed by atoms with Crippen molar-refractivity contribution in [2.75, 3.05) is 6.54 Å². The molecule has 0 N–H and O–H groups in total. The zero-order chi connectivity index (χ0) is 35.0. The molecule has 2 aliphatic carbocycles. The first-order chi connectivity index (χ1) is 24.6. The van der Waals surface area contributed by atoms with Crippen LogP contribution in [-0.4, -0.2) is 23.8 Å². The molecule has 0 amide bonds. The van der Waals surface area contributed by atoms with E-state index in [0.29, 0.717) is 12.4 Å². The molecule has 0 saturated carbocycles. The van der Waals surface area contributed by atoms with Gasteiger partial charge in [-0.05, 0) is 85.9 Å². The van der Waals surface area contributed by atoms with Gasteiger partial charge in [0.15, 0.2) is 5.84 Å². The predicted molar refractivity (Wildman–Crippen MR) is 217 cm³/mol. The van der Waals surface area contributed by atoms with Crippen LogP contribution >= 0.6 is 0 Å². The third kappa shape index (κ3) is 9.93. The van der Waals surface area contributed by atoms with Gasteiger partial charge in [-0.1, -0.05) is 152 Å². The van der Waals surface area contributed by atoms with Crippen molar-refractivity contribution in [3.05, 3.63) is 209 Å². The van der Waals surface area contributed by atoms with E-state index in [1.54, 1.807) is 6.20 Å². The van der Waals surface area contributed by atoms with Gasteiger partial charge >= 0.3 is 0 Å². The number of nitrogens with zero attached hydrogens (tertiary/aromatic N) is 3. The van der Waals surface area contributed by atoms with Gasteiger partial charge in [-0.2, -0.15) is 0 Å². The number of rotatable bonds is 8. The van der Waals surface area contributed by atoms with Crippen molar-refractivity contribution in [2.45, 2.75) is 46.5 Å². The summed E-state index contributed by atoms with van der Waals surface area (Å²) in [4.78, 5) is 15.2. The van der Waals surface area contributed by atoms with Crippen LogP contribution in [0.25, 0.3) is 6.08 Å². The summed E-state index contributed by atoms with van der Waals surface area (Å²) in [5.41, 5.74) is 12.3. The largest absolute Gasteiger partial charge is 0.261 e. The third-order valence-corrected chi connectivity index (χ3v) is 8.82. The zero-order valence-electron chi connectivity index (χ0n) is 29.6. The Bertz CT molecular complexity index is 1980. The van der Waals surface area contributed by atoms with Crippen LogP contribution in [0.2, 0.25) is 0 Å².